The Hall–Kier alpha value is -1.26. The van der Waals surface area contributed by atoms with Gasteiger partial charge in [-0.3, -0.25) is 4.79 Å². The Bertz CT molecular complexity index is 368. The molecule has 0 saturated carbocycles. The van der Waals surface area contributed by atoms with Gasteiger partial charge in [0.05, 0.1) is 20.1 Å². The van der Waals surface area contributed by atoms with E-state index in [0.29, 0.717) is 13.0 Å². The van der Waals surface area contributed by atoms with Gasteiger partial charge in [-0.1, -0.05) is 53.9 Å². The first-order chi connectivity index (χ1) is 11.3. The van der Waals surface area contributed by atoms with Gasteiger partial charge in [-0.15, -0.1) is 0 Å². The molecule has 0 N–H and O–H groups in total. The van der Waals surface area contributed by atoms with Crippen LogP contribution in [0.3, 0.4) is 0 Å². The lowest BCUT2D eigenvalue weighted by molar-refractivity contribution is -0.148. The predicted octanol–water partition coefficient (Wildman–Crippen LogP) is 4.50. The summed E-state index contributed by atoms with van der Waals surface area (Å²) in [5.74, 6) is -0.0175. The van der Waals surface area contributed by atoms with Crippen LogP contribution in [0.15, 0.2) is 0 Å². The topological polar surface area (TPSA) is 55.8 Å². The van der Waals surface area contributed by atoms with Crippen LogP contribution in [0.25, 0.3) is 0 Å². The van der Waals surface area contributed by atoms with Gasteiger partial charge in [-0.25, -0.2) is 4.79 Å². The van der Waals surface area contributed by atoms with Crippen molar-refractivity contribution in [2.24, 2.45) is 17.8 Å². The SMILES string of the molecule is CCCCCCN(C(=O)OC)C(CC(C(=O)OC)C(C)C)C(C)C. The van der Waals surface area contributed by atoms with Crippen molar-refractivity contribution < 1.29 is 19.1 Å². The summed E-state index contributed by atoms with van der Waals surface area (Å²) >= 11 is 0. The largest absolute Gasteiger partial charge is 0.469 e. The van der Waals surface area contributed by atoms with Crippen LogP contribution >= 0.6 is 0 Å². The smallest absolute Gasteiger partial charge is 0.409 e. The molecular formula is C19H37NO4. The summed E-state index contributed by atoms with van der Waals surface area (Å²) in [5.41, 5.74) is 0. The molecule has 24 heavy (non-hydrogen) atoms. The second-order valence-electron chi connectivity index (χ2n) is 7.14. The van der Waals surface area contributed by atoms with Gasteiger partial charge in [0.1, 0.15) is 0 Å². The normalized spacial score (nSPS) is 13.7. The summed E-state index contributed by atoms with van der Waals surface area (Å²) < 4.78 is 9.96. The van der Waals surface area contributed by atoms with E-state index in [0.717, 1.165) is 25.7 Å². The zero-order valence-electron chi connectivity index (χ0n) is 16.6. The summed E-state index contributed by atoms with van der Waals surface area (Å²) in [7, 11) is 2.84. The predicted molar refractivity (Wildman–Crippen MR) is 96.8 cm³/mol. The van der Waals surface area contributed by atoms with Crippen molar-refractivity contribution in [1.29, 1.82) is 0 Å². The number of rotatable bonds is 11. The third kappa shape index (κ3) is 7.54. The first kappa shape index (κ1) is 22.7. The molecule has 0 bridgehead atoms. The lowest BCUT2D eigenvalue weighted by Gasteiger charge is -2.36. The van der Waals surface area contributed by atoms with Gasteiger partial charge in [-0.05, 0) is 24.7 Å². The molecule has 142 valence electrons. The van der Waals surface area contributed by atoms with Gasteiger partial charge in [0, 0.05) is 12.6 Å². The number of ether oxygens (including phenoxy) is 2. The molecule has 0 aliphatic rings. The zero-order valence-corrected chi connectivity index (χ0v) is 16.6. The van der Waals surface area contributed by atoms with Gasteiger partial charge >= 0.3 is 12.1 Å². The zero-order chi connectivity index (χ0) is 18.7. The molecule has 2 atom stereocenters. The van der Waals surface area contributed by atoms with Crippen LogP contribution in [0.1, 0.15) is 66.7 Å². The average molecular weight is 344 g/mol. The Morgan fingerprint density at radius 3 is 1.96 bits per heavy atom. The van der Waals surface area contributed by atoms with Crippen molar-refractivity contribution in [3.8, 4) is 0 Å². The van der Waals surface area contributed by atoms with Crippen LogP contribution in [-0.4, -0.2) is 43.8 Å². The Kier molecular flexibility index (Phi) is 11.5. The molecule has 1 amide bonds. The molecule has 5 heteroatoms. The molecule has 0 fully saturated rings. The highest BCUT2D eigenvalue weighted by atomic mass is 16.5. The molecule has 0 aromatic heterocycles. The number of nitrogens with zero attached hydrogens (tertiary/aromatic N) is 1. The number of esters is 1. The molecule has 0 spiro atoms. The molecule has 0 aliphatic heterocycles. The Morgan fingerprint density at radius 2 is 1.54 bits per heavy atom. The minimum atomic E-state index is -0.308. The summed E-state index contributed by atoms with van der Waals surface area (Å²) in [6, 6.07) is -0.0365. The van der Waals surface area contributed by atoms with Crippen LogP contribution in [0.2, 0.25) is 0 Å². The first-order valence-corrected chi connectivity index (χ1v) is 9.22. The van der Waals surface area contributed by atoms with Crippen LogP contribution in [0.5, 0.6) is 0 Å². The maximum absolute atomic E-state index is 12.3. The van der Waals surface area contributed by atoms with E-state index in [-0.39, 0.29) is 35.9 Å². The molecule has 0 aromatic rings. The number of amides is 1. The fourth-order valence-corrected chi connectivity index (χ4v) is 3.03. The van der Waals surface area contributed by atoms with Crippen molar-refractivity contribution >= 4 is 12.1 Å². The molecule has 0 aromatic carbocycles. The summed E-state index contributed by atoms with van der Waals surface area (Å²) in [4.78, 5) is 26.2. The summed E-state index contributed by atoms with van der Waals surface area (Å²) in [6.07, 6.45) is 4.67. The third-order valence-corrected chi connectivity index (χ3v) is 4.64. The lowest BCUT2D eigenvalue weighted by Crippen LogP contribution is -2.46. The second kappa shape index (κ2) is 12.2. The van der Waals surface area contributed by atoms with E-state index in [2.05, 4.69) is 20.8 Å². The minimum absolute atomic E-state index is 0.0365. The quantitative estimate of drug-likeness (QED) is 0.409. The summed E-state index contributed by atoms with van der Waals surface area (Å²) in [6.45, 7) is 11.0. The van der Waals surface area contributed by atoms with Crippen LogP contribution in [0.4, 0.5) is 4.79 Å². The molecular weight excluding hydrogens is 306 g/mol. The summed E-state index contributed by atoms with van der Waals surface area (Å²) in [5, 5.41) is 0. The van der Waals surface area contributed by atoms with E-state index in [1.54, 1.807) is 4.90 Å². The van der Waals surface area contributed by atoms with Gasteiger partial charge in [0.2, 0.25) is 0 Å². The molecule has 0 rings (SSSR count). The van der Waals surface area contributed by atoms with Gasteiger partial charge in [-0.2, -0.15) is 0 Å². The number of methoxy groups -OCH3 is 2. The number of hydrogen-bond acceptors (Lipinski definition) is 4. The van der Waals surface area contributed by atoms with Crippen molar-refractivity contribution in [3.63, 3.8) is 0 Å². The standard InChI is InChI=1S/C19H37NO4/c1-8-9-10-11-12-20(19(22)24-7)17(15(4)5)13-16(14(2)3)18(21)23-6/h14-17H,8-13H2,1-7H3. The van der Waals surface area contributed by atoms with E-state index >= 15 is 0 Å². The maximum atomic E-state index is 12.3. The number of carbonyl (C=O) groups is 2. The maximum Gasteiger partial charge on any atom is 0.409 e. The number of unbranched alkanes of at least 4 members (excludes halogenated alkanes) is 3. The van der Waals surface area contributed by atoms with E-state index < -0.39 is 0 Å². The Morgan fingerprint density at radius 1 is 0.917 bits per heavy atom. The van der Waals surface area contributed by atoms with Crippen LogP contribution < -0.4 is 0 Å². The van der Waals surface area contributed by atoms with Gasteiger partial charge in [0.15, 0.2) is 0 Å². The third-order valence-electron chi connectivity index (χ3n) is 4.64. The molecule has 0 radical (unpaired) electrons. The van der Waals surface area contributed by atoms with Crippen LogP contribution in [-0.2, 0) is 14.3 Å². The average Bonchev–Trinajstić information content (AvgIpc) is 2.54. The Labute approximate surface area is 148 Å². The van der Waals surface area contributed by atoms with E-state index in [1.165, 1.54) is 14.2 Å². The second-order valence-corrected chi connectivity index (χ2v) is 7.14. The van der Waals surface area contributed by atoms with Crippen molar-refractivity contribution in [3.05, 3.63) is 0 Å². The highest BCUT2D eigenvalue weighted by Gasteiger charge is 2.33. The first-order valence-electron chi connectivity index (χ1n) is 9.22. The van der Waals surface area contributed by atoms with Crippen molar-refractivity contribution in [1.82, 2.24) is 4.90 Å². The van der Waals surface area contributed by atoms with Crippen molar-refractivity contribution in [2.45, 2.75) is 72.8 Å². The Balaban J connectivity index is 5.20. The van der Waals surface area contributed by atoms with E-state index in [4.69, 9.17) is 9.47 Å². The number of hydrogen-bond donors (Lipinski definition) is 0. The molecule has 5 nitrogen and oxygen atoms in total. The molecule has 0 saturated heterocycles. The highest BCUT2D eigenvalue weighted by molar-refractivity contribution is 5.73. The van der Waals surface area contributed by atoms with Gasteiger partial charge in [0.25, 0.3) is 0 Å². The van der Waals surface area contributed by atoms with Crippen LogP contribution in [0, 0.1) is 17.8 Å². The number of carbonyl (C=O) groups excluding carboxylic acids is 2. The highest BCUT2D eigenvalue weighted by Crippen LogP contribution is 2.26. The lowest BCUT2D eigenvalue weighted by atomic mass is 9.85. The molecule has 2 unspecified atom stereocenters. The molecule has 0 heterocycles. The fourth-order valence-electron chi connectivity index (χ4n) is 3.03. The van der Waals surface area contributed by atoms with Gasteiger partial charge < -0.3 is 14.4 Å². The van der Waals surface area contributed by atoms with Crippen molar-refractivity contribution in [2.75, 3.05) is 20.8 Å². The van der Waals surface area contributed by atoms with E-state index in [9.17, 15) is 9.59 Å². The fraction of sp³-hybridized carbons (Fsp3) is 0.895. The molecule has 0 aliphatic carbocycles. The van der Waals surface area contributed by atoms with E-state index in [1.807, 2.05) is 13.8 Å². The minimum Gasteiger partial charge on any atom is -0.469 e. The monoisotopic (exact) mass is 343 g/mol.